The number of hydrogen-bond donors (Lipinski definition) is 1. The fraction of sp³-hybridized carbons (Fsp3) is 0.250. The van der Waals surface area contributed by atoms with Crippen molar-refractivity contribution in [2.75, 3.05) is 24.2 Å². The maximum absolute atomic E-state index is 11.7. The Morgan fingerprint density at radius 1 is 1.24 bits per heavy atom. The predicted octanol–water partition coefficient (Wildman–Crippen LogP) is 1.83. The summed E-state index contributed by atoms with van der Waals surface area (Å²) in [6.07, 6.45) is 2.50. The van der Waals surface area contributed by atoms with Crippen LogP contribution >= 0.6 is 0 Å². The number of rotatable bonds is 5. The van der Waals surface area contributed by atoms with Gasteiger partial charge in [-0.25, -0.2) is 0 Å². The van der Waals surface area contributed by atoms with Crippen LogP contribution in [0.25, 0.3) is 0 Å². The highest BCUT2D eigenvalue weighted by molar-refractivity contribution is 5.48. The fourth-order valence-electron chi connectivity index (χ4n) is 2.12. The number of nitrogen functional groups attached to an aromatic ring is 1. The molecule has 0 saturated carbocycles. The van der Waals surface area contributed by atoms with E-state index in [2.05, 4.69) is 11.0 Å². The number of hydrogen-bond acceptors (Lipinski definition) is 4. The molecule has 0 amide bonds. The zero-order valence-corrected chi connectivity index (χ0v) is 12.0. The van der Waals surface area contributed by atoms with E-state index in [1.807, 2.05) is 19.2 Å². The topological polar surface area (TPSA) is 75.0 Å². The molecular weight excluding hydrogens is 264 g/mol. The summed E-state index contributed by atoms with van der Waals surface area (Å²) in [5, 5.41) is 8.78. The van der Waals surface area contributed by atoms with Gasteiger partial charge in [0.05, 0.1) is 11.6 Å². The number of aryl methyl sites for hydroxylation is 1. The number of benzene rings is 1. The largest absolute Gasteiger partial charge is 0.398 e. The van der Waals surface area contributed by atoms with Gasteiger partial charge in [-0.3, -0.25) is 4.79 Å². The Bertz CT molecular complexity index is 697. The van der Waals surface area contributed by atoms with Crippen LogP contribution in [0.15, 0.2) is 47.4 Å². The molecule has 21 heavy (non-hydrogen) atoms. The van der Waals surface area contributed by atoms with Crippen molar-refractivity contribution in [1.82, 2.24) is 4.57 Å². The molecule has 2 N–H and O–H groups in total. The summed E-state index contributed by atoms with van der Waals surface area (Å²) in [5.74, 6) is 0. The fourth-order valence-corrected chi connectivity index (χ4v) is 2.12. The van der Waals surface area contributed by atoms with Crippen molar-refractivity contribution in [3.05, 3.63) is 58.5 Å². The first kappa shape index (κ1) is 14.7. The Hall–Kier alpha value is -2.74. The van der Waals surface area contributed by atoms with E-state index in [1.165, 1.54) is 6.07 Å². The molecule has 0 aliphatic carbocycles. The van der Waals surface area contributed by atoms with Crippen LogP contribution in [0.3, 0.4) is 0 Å². The second-order valence-electron chi connectivity index (χ2n) is 4.93. The van der Waals surface area contributed by atoms with E-state index in [-0.39, 0.29) is 5.56 Å². The van der Waals surface area contributed by atoms with Crippen LogP contribution in [0.1, 0.15) is 12.0 Å². The molecule has 1 aromatic heterocycles. The highest BCUT2D eigenvalue weighted by atomic mass is 16.1. The molecule has 1 heterocycles. The summed E-state index contributed by atoms with van der Waals surface area (Å²) in [5.41, 5.74) is 7.94. The third-order valence-corrected chi connectivity index (χ3v) is 3.34. The minimum Gasteiger partial charge on any atom is -0.398 e. The van der Waals surface area contributed by atoms with Crippen LogP contribution in [-0.2, 0) is 6.54 Å². The normalized spacial score (nSPS) is 10.1. The minimum absolute atomic E-state index is 0.0368. The lowest BCUT2D eigenvalue weighted by Crippen LogP contribution is -2.23. The highest BCUT2D eigenvalue weighted by Gasteiger charge is 2.02. The third-order valence-electron chi connectivity index (χ3n) is 3.34. The summed E-state index contributed by atoms with van der Waals surface area (Å²) in [4.78, 5) is 13.7. The number of nitriles is 1. The van der Waals surface area contributed by atoms with Crippen LogP contribution in [0, 0.1) is 11.3 Å². The Balaban J connectivity index is 1.92. The van der Waals surface area contributed by atoms with Crippen molar-refractivity contribution in [2.24, 2.45) is 0 Å². The number of pyridine rings is 1. The van der Waals surface area contributed by atoms with E-state index in [9.17, 15) is 4.79 Å². The van der Waals surface area contributed by atoms with Gasteiger partial charge < -0.3 is 15.2 Å². The molecule has 0 fully saturated rings. The molecule has 0 radical (unpaired) electrons. The molecule has 0 bridgehead atoms. The van der Waals surface area contributed by atoms with E-state index < -0.39 is 0 Å². The van der Waals surface area contributed by atoms with Crippen LogP contribution in [-0.4, -0.2) is 18.2 Å². The van der Waals surface area contributed by atoms with Crippen LogP contribution in [0.5, 0.6) is 0 Å². The van der Waals surface area contributed by atoms with Crippen LogP contribution in [0.2, 0.25) is 0 Å². The lowest BCUT2D eigenvalue weighted by atomic mass is 10.2. The standard InChI is InChI=1S/C16H18N4O/c1-19(15-6-3-13(11-17)4-7-15)9-2-10-20-12-14(18)5-8-16(20)21/h3-8,12H,2,9-10,18H2,1H3. The van der Waals surface area contributed by atoms with Gasteiger partial charge in [0.25, 0.3) is 5.56 Å². The monoisotopic (exact) mass is 282 g/mol. The molecule has 0 aliphatic heterocycles. The quantitative estimate of drug-likeness (QED) is 0.907. The highest BCUT2D eigenvalue weighted by Crippen LogP contribution is 2.13. The maximum atomic E-state index is 11.7. The summed E-state index contributed by atoms with van der Waals surface area (Å²) < 4.78 is 1.63. The molecule has 108 valence electrons. The van der Waals surface area contributed by atoms with E-state index >= 15 is 0 Å². The predicted molar refractivity (Wildman–Crippen MR) is 84.2 cm³/mol. The van der Waals surface area contributed by atoms with Crippen molar-refractivity contribution in [1.29, 1.82) is 5.26 Å². The summed E-state index contributed by atoms with van der Waals surface area (Å²) in [7, 11) is 1.99. The van der Waals surface area contributed by atoms with Gasteiger partial charge in [0, 0.05) is 43.8 Å². The lowest BCUT2D eigenvalue weighted by Gasteiger charge is -2.19. The zero-order valence-electron chi connectivity index (χ0n) is 12.0. The molecule has 2 aromatic rings. The molecule has 0 atom stereocenters. The SMILES string of the molecule is CN(CCCn1cc(N)ccc1=O)c1ccc(C#N)cc1. The van der Waals surface area contributed by atoms with Gasteiger partial charge in [-0.2, -0.15) is 5.26 Å². The van der Waals surface area contributed by atoms with E-state index in [4.69, 9.17) is 11.0 Å². The number of nitrogens with two attached hydrogens (primary N) is 1. The van der Waals surface area contributed by atoms with Gasteiger partial charge in [-0.1, -0.05) is 0 Å². The van der Waals surface area contributed by atoms with Gasteiger partial charge in [-0.05, 0) is 36.8 Å². The van der Waals surface area contributed by atoms with Gasteiger partial charge >= 0.3 is 0 Å². The van der Waals surface area contributed by atoms with Crippen LogP contribution < -0.4 is 16.2 Å². The second-order valence-corrected chi connectivity index (χ2v) is 4.93. The van der Waals surface area contributed by atoms with Crippen LogP contribution in [0.4, 0.5) is 11.4 Å². The molecular formula is C16H18N4O. The van der Waals surface area contributed by atoms with Crippen molar-refractivity contribution in [3.8, 4) is 6.07 Å². The number of aromatic nitrogens is 1. The second kappa shape index (κ2) is 6.62. The average Bonchev–Trinajstić information content (AvgIpc) is 2.50. The smallest absolute Gasteiger partial charge is 0.250 e. The first-order valence-electron chi connectivity index (χ1n) is 6.77. The molecule has 0 saturated heterocycles. The van der Waals surface area contributed by atoms with E-state index in [0.29, 0.717) is 17.8 Å². The number of anilines is 2. The Morgan fingerprint density at radius 3 is 2.62 bits per heavy atom. The van der Waals surface area contributed by atoms with Crippen molar-refractivity contribution in [3.63, 3.8) is 0 Å². The van der Waals surface area contributed by atoms with E-state index in [1.54, 1.807) is 29.0 Å². The molecule has 2 rings (SSSR count). The molecule has 0 aliphatic rings. The average molecular weight is 282 g/mol. The van der Waals surface area contributed by atoms with Crippen molar-refractivity contribution < 1.29 is 0 Å². The number of nitrogens with zero attached hydrogens (tertiary/aromatic N) is 3. The summed E-state index contributed by atoms with van der Waals surface area (Å²) >= 11 is 0. The Labute approximate surface area is 123 Å². The lowest BCUT2D eigenvalue weighted by molar-refractivity contribution is 0.620. The van der Waals surface area contributed by atoms with Crippen molar-refractivity contribution in [2.45, 2.75) is 13.0 Å². The first-order valence-corrected chi connectivity index (χ1v) is 6.77. The van der Waals surface area contributed by atoms with Gasteiger partial charge in [0.2, 0.25) is 0 Å². The van der Waals surface area contributed by atoms with E-state index in [0.717, 1.165) is 18.7 Å². The minimum atomic E-state index is -0.0368. The van der Waals surface area contributed by atoms with Gasteiger partial charge in [0.1, 0.15) is 0 Å². The molecule has 1 aromatic carbocycles. The zero-order chi connectivity index (χ0) is 15.2. The molecule has 0 unspecified atom stereocenters. The maximum Gasteiger partial charge on any atom is 0.250 e. The summed E-state index contributed by atoms with van der Waals surface area (Å²) in [6.45, 7) is 1.44. The summed E-state index contributed by atoms with van der Waals surface area (Å²) in [6, 6.07) is 12.6. The Morgan fingerprint density at radius 2 is 1.95 bits per heavy atom. The third kappa shape index (κ3) is 3.86. The molecule has 5 heteroatoms. The van der Waals surface area contributed by atoms with Crippen molar-refractivity contribution >= 4 is 11.4 Å². The molecule has 5 nitrogen and oxygen atoms in total. The van der Waals surface area contributed by atoms with Gasteiger partial charge in [0.15, 0.2) is 0 Å². The Kier molecular flexibility index (Phi) is 4.62. The molecule has 0 spiro atoms. The first-order chi connectivity index (χ1) is 10.1. The van der Waals surface area contributed by atoms with Gasteiger partial charge in [-0.15, -0.1) is 0 Å².